The van der Waals surface area contributed by atoms with E-state index in [1.807, 2.05) is 24.0 Å². The number of hydrogen-bond donors (Lipinski definition) is 1. The average molecular weight is 443 g/mol. The monoisotopic (exact) mass is 442 g/mol. The molecule has 31 heavy (non-hydrogen) atoms. The lowest BCUT2D eigenvalue weighted by Crippen LogP contribution is -2.35. The summed E-state index contributed by atoms with van der Waals surface area (Å²) < 4.78 is 2.11. The number of thiophene rings is 1. The van der Waals surface area contributed by atoms with E-state index in [9.17, 15) is 0 Å². The van der Waals surface area contributed by atoms with Gasteiger partial charge in [0.25, 0.3) is 0 Å². The van der Waals surface area contributed by atoms with Crippen molar-refractivity contribution >= 4 is 35.4 Å². The van der Waals surface area contributed by atoms with Crippen molar-refractivity contribution in [2.24, 2.45) is 5.10 Å². The normalized spacial score (nSPS) is 23.0. The Labute approximate surface area is 187 Å². The van der Waals surface area contributed by atoms with Gasteiger partial charge in [-0.3, -0.25) is 14.9 Å². The molecule has 0 radical (unpaired) electrons. The SMILES string of the molecule is C1=NNC2c3c(sc4c3C[C@@H](c3ccccc3)S[C@@H]4c3ccccc3)-n3cnnc3N12. The standard InChI is InChI=1S/C23H18N6S2/c1-3-7-14(8-4-1)17-11-16-18-21-26-24-12-28(21)23-27-25-13-29(23)22(18)31-20(16)19(30-17)15-9-5-2-6-10-15/h1-10,12-13,17,19,21,26H,11H2/t17-,19+,21?/m0/s1. The highest BCUT2D eigenvalue weighted by molar-refractivity contribution is 8.00. The zero-order chi connectivity index (χ0) is 20.4. The molecule has 4 aromatic rings. The van der Waals surface area contributed by atoms with Crippen molar-refractivity contribution in [3.8, 4) is 5.00 Å². The summed E-state index contributed by atoms with van der Waals surface area (Å²) in [5.74, 6) is 0.813. The third kappa shape index (κ3) is 2.55. The van der Waals surface area contributed by atoms with Crippen molar-refractivity contribution in [1.29, 1.82) is 0 Å². The maximum Gasteiger partial charge on any atom is 0.239 e. The van der Waals surface area contributed by atoms with E-state index >= 15 is 0 Å². The Morgan fingerprint density at radius 2 is 1.74 bits per heavy atom. The molecule has 6 nitrogen and oxygen atoms in total. The molecular weight excluding hydrogens is 424 g/mol. The van der Waals surface area contributed by atoms with Crippen LogP contribution in [0, 0.1) is 0 Å². The first kappa shape index (κ1) is 17.6. The molecular formula is C23H18N6S2. The summed E-state index contributed by atoms with van der Waals surface area (Å²) in [5.41, 5.74) is 8.79. The molecule has 2 aromatic heterocycles. The largest absolute Gasteiger partial charge is 0.281 e. The molecule has 0 bridgehead atoms. The molecule has 152 valence electrons. The van der Waals surface area contributed by atoms with Crippen molar-refractivity contribution in [3.05, 3.63) is 94.1 Å². The number of hydrogen-bond acceptors (Lipinski definition) is 7. The second-order valence-corrected chi connectivity index (χ2v) is 10.2. The maximum absolute atomic E-state index is 4.36. The summed E-state index contributed by atoms with van der Waals surface area (Å²) in [7, 11) is 0. The Morgan fingerprint density at radius 3 is 2.55 bits per heavy atom. The van der Waals surface area contributed by atoms with Gasteiger partial charge in [-0.2, -0.15) is 5.10 Å². The van der Waals surface area contributed by atoms with Gasteiger partial charge in [0.1, 0.15) is 17.7 Å². The molecule has 2 aromatic carbocycles. The van der Waals surface area contributed by atoms with Crippen LogP contribution in [0.25, 0.3) is 5.00 Å². The number of fused-ring (bicyclic) bond motifs is 8. The fourth-order valence-corrected chi connectivity index (χ4v) is 7.90. The van der Waals surface area contributed by atoms with Crippen LogP contribution in [-0.2, 0) is 6.42 Å². The van der Waals surface area contributed by atoms with Gasteiger partial charge in [0.05, 0.1) is 5.25 Å². The number of rotatable bonds is 2. The summed E-state index contributed by atoms with van der Waals surface area (Å²) in [5, 5.41) is 14.8. The van der Waals surface area contributed by atoms with E-state index in [1.165, 1.54) is 32.1 Å². The fourth-order valence-electron chi connectivity index (χ4n) is 4.76. The number of hydrazone groups is 1. The van der Waals surface area contributed by atoms with Crippen LogP contribution in [0.2, 0.25) is 0 Å². The fraction of sp³-hybridized carbons (Fsp3) is 0.174. The first-order valence-corrected chi connectivity index (χ1v) is 12.0. The Bertz CT molecular complexity index is 1300. The predicted molar refractivity (Wildman–Crippen MR) is 125 cm³/mol. The first-order chi connectivity index (χ1) is 15.4. The summed E-state index contributed by atoms with van der Waals surface area (Å²) in [4.78, 5) is 3.52. The molecule has 7 rings (SSSR count). The number of benzene rings is 2. The van der Waals surface area contributed by atoms with E-state index in [-0.39, 0.29) is 6.17 Å². The van der Waals surface area contributed by atoms with Gasteiger partial charge in [-0.25, -0.2) is 0 Å². The quantitative estimate of drug-likeness (QED) is 0.483. The van der Waals surface area contributed by atoms with E-state index in [4.69, 9.17) is 0 Å². The molecule has 1 unspecified atom stereocenters. The highest BCUT2D eigenvalue weighted by Gasteiger charge is 2.43. The van der Waals surface area contributed by atoms with Gasteiger partial charge in [0.2, 0.25) is 5.95 Å². The lowest BCUT2D eigenvalue weighted by Gasteiger charge is -2.33. The van der Waals surface area contributed by atoms with Gasteiger partial charge in [-0.1, -0.05) is 60.7 Å². The minimum Gasteiger partial charge on any atom is -0.281 e. The third-order valence-corrected chi connectivity index (χ3v) is 9.18. The van der Waals surface area contributed by atoms with Crippen LogP contribution in [0.3, 0.4) is 0 Å². The highest BCUT2D eigenvalue weighted by Crippen LogP contribution is 2.57. The molecule has 3 atom stereocenters. The number of aromatic nitrogens is 3. The lowest BCUT2D eigenvalue weighted by atomic mass is 9.95. The van der Waals surface area contributed by atoms with Crippen LogP contribution in [0.15, 0.2) is 72.1 Å². The third-order valence-electron chi connectivity index (χ3n) is 6.17. The zero-order valence-electron chi connectivity index (χ0n) is 16.4. The summed E-state index contributed by atoms with van der Waals surface area (Å²) in [6.45, 7) is 0. The molecule has 1 N–H and O–H groups in total. The smallest absolute Gasteiger partial charge is 0.239 e. The van der Waals surface area contributed by atoms with Crippen LogP contribution in [0.4, 0.5) is 5.95 Å². The van der Waals surface area contributed by atoms with Crippen molar-refractivity contribution in [1.82, 2.24) is 20.2 Å². The molecule has 0 amide bonds. The van der Waals surface area contributed by atoms with Crippen LogP contribution in [-0.4, -0.2) is 21.1 Å². The van der Waals surface area contributed by atoms with Crippen molar-refractivity contribution in [2.75, 3.05) is 4.90 Å². The van der Waals surface area contributed by atoms with Crippen LogP contribution < -0.4 is 10.3 Å². The van der Waals surface area contributed by atoms with E-state index in [0.29, 0.717) is 10.5 Å². The highest BCUT2D eigenvalue weighted by atomic mass is 32.2. The van der Waals surface area contributed by atoms with E-state index < -0.39 is 0 Å². The molecule has 0 aliphatic carbocycles. The molecule has 0 fully saturated rings. The second-order valence-electron chi connectivity index (χ2n) is 7.88. The van der Waals surface area contributed by atoms with E-state index in [0.717, 1.165) is 12.4 Å². The van der Waals surface area contributed by atoms with Crippen LogP contribution >= 0.6 is 23.1 Å². The minimum atomic E-state index is -0.0253. The molecule has 5 heterocycles. The second kappa shape index (κ2) is 6.70. The van der Waals surface area contributed by atoms with Gasteiger partial charge in [0.15, 0.2) is 6.17 Å². The number of nitrogens with zero attached hydrogens (tertiary/aromatic N) is 5. The predicted octanol–water partition coefficient (Wildman–Crippen LogP) is 4.81. The van der Waals surface area contributed by atoms with Crippen LogP contribution in [0.5, 0.6) is 0 Å². The van der Waals surface area contributed by atoms with Crippen LogP contribution in [0.1, 0.15) is 43.8 Å². The molecule has 3 aliphatic heterocycles. The number of nitrogens with one attached hydrogen (secondary N) is 1. The van der Waals surface area contributed by atoms with Gasteiger partial charge < -0.3 is 0 Å². The Balaban J connectivity index is 1.45. The van der Waals surface area contributed by atoms with Crippen molar-refractivity contribution in [3.63, 3.8) is 0 Å². The Morgan fingerprint density at radius 1 is 0.968 bits per heavy atom. The van der Waals surface area contributed by atoms with Gasteiger partial charge in [-0.15, -0.1) is 33.3 Å². The Hall–Kier alpha value is -3.10. The number of thioether (sulfide) groups is 1. The molecule has 0 spiro atoms. The maximum atomic E-state index is 4.36. The molecule has 0 saturated heterocycles. The van der Waals surface area contributed by atoms with Gasteiger partial charge in [0, 0.05) is 15.7 Å². The first-order valence-electron chi connectivity index (χ1n) is 10.3. The number of anilines is 1. The van der Waals surface area contributed by atoms with E-state index in [2.05, 4.69) is 103 Å². The van der Waals surface area contributed by atoms with Crippen molar-refractivity contribution in [2.45, 2.75) is 23.1 Å². The summed E-state index contributed by atoms with van der Waals surface area (Å²) in [6.07, 6.45) is 4.61. The van der Waals surface area contributed by atoms with Gasteiger partial charge >= 0.3 is 0 Å². The minimum absolute atomic E-state index is 0.0253. The summed E-state index contributed by atoms with van der Waals surface area (Å²) in [6, 6.07) is 21.8. The zero-order valence-corrected chi connectivity index (χ0v) is 18.1. The molecule has 3 aliphatic rings. The summed E-state index contributed by atoms with van der Waals surface area (Å²) >= 11 is 3.93. The lowest BCUT2D eigenvalue weighted by molar-refractivity contribution is 0.586. The topological polar surface area (TPSA) is 58.3 Å². The molecule has 0 saturated carbocycles. The van der Waals surface area contributed by atoms with Gasteiger partial charge in [-0.05, 0) is 23.1 Å². The molecule has 8 heteroatoms. The van der Waals surface area contributed by atoms with E-state index in [1.54, 1.807) is 0 Å². The average Bonchev–Trinajstić information content (AvgIpc) is 3.56. The Kier molecular flexibility index (Phi) is 3.80. The van der Waals surface area contributed by atoms with Crippen molar-refractivity contribution < 1.29 is 0 Å².